The quantitative estimate of drug-likeness (QED) is 0.890. The van der Waals surface area contributed by atoms with Crippen molar-refractivity contribution in [1.82, 2.24) is 15.1 Å². The zero-order valence-electron chi connectivity index (χ0n) is 13.9. The molecule has 22 heavy (non-hydrogen) atoms. The second-order valence-corrected chi connectivity index (χ2v) is 5.86. The summed E-state index contributed by atoms with van der Waals surface area (Å²) in [6.45, 7) is 8.72. The third-order valence-electron chi connectivity index (χ3n) is 3.96. The Balaban J connectivity index is 1.92. The number of aromatic nitrogens is 2. The lowest BCUT2D eigenvalue weighted by Crippen LogP contribution is -2.30. The van der Waals surface area contributed by atoms with Gasteiger partial charge in [-0.1, -0.05) is 26.0 Å². The summed E-state index contributed by atoms with van der Waals surface area (Å²) in [5.41, 5.74) is 4.44. The van der Waals surface area contributed by atoms with Gasteiger partial charge in [0.05, 0.1) is 11.4 Å². The van der Waals surface area contributed by atoms with Gasteiger partial charge in [0.15, 0.2) is 0 Å². The van der Waals surface area contributed by atoms with E-state index in [0.717, 1.165) is 29.9 Å². The average Bonchev–Trinajstić information content (AvgIpc) is 2.85. The maximum Gasteiger partial charge on any atom is 0.222 e. The van der Waals surface area contributed by atoms with Crippen LogP contribution in [0.2, 0.25) is 0 Å². The average molecular weight is 299 g/mol. The lowest BCUT2D eigenvalue weighted by atomic mass is 10.1. The van der Waals surface area contributed by atoms with Crippen molar-refractivity contribution in [2.75, 3.05) is 6.54 Å². The van der Waals surface area contributed by atoms with E-state index >= 15 is 0 Å². The maximum absolute atomic E-state index is 11.7. The largest absolute Gasteiger partial charge is 0.356 e. The van der Waals surface area contributed by atoms with Gasteiger partial charge in [0.25, 0.3) is 0 Å². The third-order valence-corrected chi connectivity index (χ3v) is 3.96. The third kappa shape index (κ3) is 3.97. The minimum Gasteiger partial charge on any atom is -0.356 e. The fourth-order valence-electron chi connectivity index (χ4n) is 2.38. The minimum absolute atomic E-state index is 0.0911. The van der Waals surface area contributed by atoms with Gasteiger partial charge in [0, 0.05) is 18.2 Å². The van der Waals surface area contributed by atoms with Gasteiger partial charge >= 0.3 is 0 Å². The summed E-state index contributed by atoms with van der Waals surface area (Å²) in [6.07, 6.45) is 1.72. The van der Waals surface area contributed by atoms with E-state index in [0.29, 0.717) is 6.54 Å². The lowest BCUT2D eigenvalue weighted by Gasteiger charge is -2.10. The molecule has 0 aliphatic rings. The van der Waals surface area contributed by atoms with Crippen LogP contribution in [0.1, 0.15) is 37.2 Å². The van der Waals surface area contributed by atoms with Crippen molar-refractivity contribution < 1.29 is 4.79 Å². The highest BCUT2D eigenvalue weighted by molar-refractivity contribution is 5.78. The molecule has 1 heterocycles. The number of amides is 1. The Morgan fingerprint density at radius 2 is 1.95 bits per heavy atom. The molecule has 1 aromatic carbocycles. The number of nitrogens with one attached hydrogen (secondary N) is 1. The molecule has 1 atom stereocenters. The first-order valence-electron chi connectivity index (χ1n) is 7.91. The van der Waals surface area contributed by atoms with Crippen LogP contribution in [0.4, 0.5) is 0 Å². The van der Waals surface area contributed by atoms with Crippen molar-refractivity contribution in [3.63, 3.8) is 0 Å². The van der Waals surface area contributed by atoms with Crippen LogP contribution >= 0.6 is 0 Å². The van der Waals surface area contributed by atoms with E-state index in [4.69, 9.17) is 0 Å². The van der Waals surface area contributed by atoms with Gasteiger partial charge in [-0.15, -0.1) is 0 Å². The van der Waals surface area contributed by atoms with Crippen molar-refractivity contribution in [3.8, 4) is 5.69 Å². The molecule has 0 bridgehead atoms. The molecule has 0 aliphatic carbocycles. The van der Waals surface area contributed by atoms with E-state index in [1.807, 2.05) is 25.5 Å². The van der Waals surface area contributed by atoms with Crippen LogP contribution in [-0.2, 0) is 11.2 Å². The molecular weight excluding hydrogens is 274 g/mol. The summed E-state index contributed by atoms with van der Waals surface area (Å²) < 4.78 is 1.95. The molecule has 1 N–H and O–H groups in total. The molecule has 4 heteroatoms. The van der Waals surface area contributed by atoms with Gasteiger partial charge in [-0.2, -0.15) is 5.10 Å². The maximum atomic E-state index is 11.7. The molecule has 2 rings (SSSR count). The van der Waals surface area contributed by atoms with Gasteiger partial charge in [0.2, 0.25) is 5.91 Å². The predicted molar refractivity (Wildman–Crippen MR) is 89.2 cm³/mol. The van der Waals surface area contributed by atoms with Gasteiger partial charge in [-0.3, -0.25) is 4.79 Å². The monoisotopic (exact) mass is 299 g/mol. The molecule has 0 saturated heterocycles. The second-order valence-electron chi connectivity index (χ2n) is 5.86. The van der Waals surface area contributed by atoms with Crippen molar-refractivity contribution in [3.05, 3.63) is 47.3 Å². The van der Waals surface area contributed by atoms with Crippen LogP contribution in [0.15, 0.2) is 30.3 Å². The first-order valence-corrected chi connectivity index (χ1v) is 7.91. The number of rotatable bonds is 6. The molecule has 2 aromatic rings. The van der Waals surface area contributed by atoms with E-state index < -0.39 is 0 Å². The summed E-state index contributed by atoms with van der Waals surface area (Å²) in [4.78, 5) is 11.7. The molecule has 0 spiro atoms. The Bertz CT molecular complexity index is 628. The van der Waals surface area contributed by atoms with Crippen molar-refractivity contribution in [2.45, 2.75) is 40.5 Å². The Kier molecular flexibility index (Phi) is 5.36. The summed E-state index contributed by atoms with van der Waals surface area (Å²) in [7, 11) is 0. The number of carbonyl (C=O) groups excluding carboxylic acids is 1. The van der Waals surface area contributed by atoms with Crippen LogP contribution in [-0.4, -0.2) is 22.2 Å². The molecule has 4 nitrogen and oxygen atoms in total. The molecular formula is C18H25N3O. The molecule has 0 radical (unpaired) electrons. The van der Waals surface area contributed by atoms with Crippen molar-refractivity contribution >= 4 is 5.91 Å². The summed E-state index contributed by atoms with van der Waals surface area (Å²) in [5.74, 6) is 0.232. The Morgan fingerprint density at radius 1 is 1.27 bits per heavy atom. The van der Waals surface area contributed by atoms with Crippen LogP contribution in [0.5, 0.6) is 0 Å². The lowest BCUT2D eigenvalue weighted by molar-refractivity contribution is -0.124. The van der Waals surface area contributed by atoms with Crippen molar-refractivity contribution in [1.29, 1.82) is 0 Å². The number of hydrogen-bond acceptors (Lipinski definition) is 2. The van der Waals surface area contributed by atoms with Crippen molar-refractivity contribution in [2.24, 2.45) is 5.92 Å². The number of hydrogen-bond donors (Lipinski definition) is 1. The highest BCUT2D eigenvalue weighted by atomic mass is 16.1. The normalized spacial score (nSPS) is 12.2. The Morgan fingerprint density at radius 3 is 2.50 bits per heavy atom. The van der Waals surface area contributed by atoms with Crippen LogP contribution in [0.25, 0.3) is 5.69 Å². The molecule has 1 aromatic heterocycles. The predicted octanol–water partition coefficient (Wildman–Crippen LogP) is 3.19. The first kappa shape index (κ1) is 16.3. The molecule has 0 fully saturated rings. The number of benzene rings is 1. The fourth-order valence-corrected chi connectivity index (χ4v) is 2.38. The van der Waals surface area contributed by atoms with Crippen LogP contribution in [0, 0.1) is 19.8 Å². The van der Waals surface area contributed by atoms with Crippen LogP contribution in [0.3, 0.4) is 0 Å². The van der Waals surface area contributed by atoms with E-state index in [-0.39, 0.29) is 11.8 Å². The van der Waals surface area contributed by atoms with Gasteiger partial charge in [-0.25, -0.2) is 4.68 Å². The number of nitrogens with zero attached hydrogens (tertiary/aromatic N) is 2. The molecule has 0 aliphatic heterocycles. The van der Waals surface area contributed by atoms with E-state index in [1.165, 1.54) is 5.56 Å². The Hall–Kier alpha value is -2.10. The number of carbonyl (C=O) groups is 1. The van der Waals surface area contributed by atoms with E-state index in [2.05, 4.69) is 47.7 Å². The number of aryl methyl sites for hydroxylation is 2. The van der Waals surface area contributed by atoms with Gasteiger partial charge in [-0.05, 0) is 50.5 Å². The van der Waals surface area contributed by atoms with Gasteiger partial charge < -0.3 is 5.32 Å². The topological polar surface area (TPSA) is 46.9 Å². The smallest absolute Gasteiger partial charge is 0.222 e. The second kappa shape index (κ2) is 7.25. The standard InChI is InChI=1S/C18H25N3O/c1-5-13(2)18(22)19-11-10-16-6-8-17(9-7-16)21-15(4)12-14(3)20-21/h6-9,12-13H,5,10-11H2,1-4H3,(H,19,22)/t13-/m0/s1. The molecule has 0 unspecified atom stereocenters. The van der Waals surface area contributed by atoms with E-state index in [1.54, 1.807) is 0 Å². The van der Waals surface area contributed by atoms with Gasteiger partial charge in [0.1, 0.15) is 0 Å². The molecule has 1 amide bonds. The summed E-state index contributed by atoms with van der Waals surface area (Å²) in [5, 5.41) is 7.47. The minimum atomic E-state index is 0.0911. The van der Waals surface area contributed by atoms with E-state index in [9.17, 15) is 4.79 Å². The fraction of sp³-hybridized carbons (Fsp3) is 0.444. The SMILES string of the molecule is CC[C@H](C)C(=O)NCCc1ccc(-n2nc(C)cc2C)cc1. The Labute approximate surface area is 132 Å². The summed E-state index contributed by atoms with van der Waals surface area (Å²) in [6, 6.07) is 10.4. The highest BCUT2D eigenvalue weighted by Gasteiger charge is 2.09. The molecule has 118 valence electrons. The first-order chi connectivity index (χ1) is 10.5. The van der Waals surface area contributed by atoms with Crippen LogP contribution < -0.4 is 5.32 Å². The zero-order valence-corrected chi connectivity index (χ0v) is 13.9. The zero-order chi connectivity index (χ0) is 16.1. The highest BCUT2D eigenvalue weighted by Crippen LogP contribution is 2.13. The summed E-state index contributed by atoms with van der Waals surface area (Å²) >= 11 is 0. The molecule has 0 saturated carbocycles.